The van der Waals surface area contributed by atoms with Crippen molar-refractivity contribution in [2.75, 3.05) is 24.2 Å². The summed E-state index contributed by atoms with van der Waals surface area (Å²) in [6, 6.07) is 7.65. The third-order valence-electron chi connectivity index (χ3n) is 5.82. The molecule has 2 amide bonds. The van der Waals surface area contributed by atoms with E-state index in [4.69, 9.17) is 4.98 Å². The number of aromatic nitrogens is 2. The van der Waals surface area contributed by atoms with Crippen molar-refractivity contribution in [2.45, 2.75) is 64.6 Å². The largest absolute Gasteiger partial charge is 0.339 e. The SMILES string of the molecule is CCN(CC)C(=O)c1cccc(NC(=O)CSc2nc(C)c(C)n2C2CCCC2)c1. The minimum atomic E-state index is -0.0938. The Morgan fingerprint density at radius 1 is 1.20 bits per heavy atom. The fraction of sp³-hybridized carbons (Fsp3) is 0.522. The fourth-order valence-electron chi connectivity index (χ4n) is 4.04. The lowest BCUT2D eigenvalue weighted by molar-refractivity contribution is -0.113. The second kappa shape index (κ2) is 10.2. The van der Waals surface area contributed by atoms with Gasteiger partial charge in [-0.05, 0) is 58.7 Å². The number of rotatable bonds is 8. The molecule has 3 rings (SSSR count). The number of aryl methyl sites for hydroxylation is 1. The monoisotopic (exact) mass is 428 g/mol. The molecule has 0 unspecified atom stereocenters. The van der Waals surface area contributed by atoms with E-state index < -0.39 is 0 Å². The molecule has 0 saturated heterocycles. The molecule has 0 radical (unpaired) electrons. The summed E-state index contributed by atoms with van der Waals surface area (Å²) >= 11 is 1.48. The van der Waals surface area contributed by atoms with E-state index in [9.17, 15) is 9.59 Å². The van der Waals surface area contributed by atoms with Gasteiger partial charge in [-0.25, -0.2) is 4.98 Å². The van der Waals surface area contributed by atoms with Crippen molar-refractivity contribution in [1.29, 1.82) is 0 Å². The molecule has 2 aromatic rings. The van der Waals surface area contributed by atoms with E-state index in [0.717, 1.165) is 10.9 Å². The van der Waals surface area contributed by atoms with E-state index in [2.05, 4.69) is 16.8 Å². The highest BCUT2D eigenvalue weighted by molar-refractivity contribution is 7.99. The van der Waals surface area contributed by atoms with Crippen LogP contribution < -0.4 is 5.32 Å². The van der Waals surface area contributed by atoms with Crippen LogP contribution in [0.1, 0.15) is 67.3 Å². The van der Waals surface area contributed by atoms with E-state index >= 15 is 0 Å². The molecule has 1 fully saturated rings. The van der Waals surface area contributed by atoms with Crippen LogP contribution in [0.15, 0.2) is 29.4 Å². The van der Waals surface area contributed by atoms with Gasteiger partial charge < -0.3 is 14.8 Å². The van der Waals surface area contributed by atoms with Crippen LogP contribution in [0.2, 0.25) is 0 Å². The summed E-state index contributed by atoms with van der Waals surface area (Å²) in [7, 11) is 0. The smallest absolute Gasteiger partial charge is 0.253 e. The van der Waals surface area contributed by atoms with Crippen molar-refractivity contribution in [1.82, 2.24) is 14.5 Å². The van der Waals surface area contributed by atoms with Gasteiger partial charge in [0.1, 0.15) is 0 Å². The zero-order valence-corrected chi connectivity index (χ0v) is 19.2. The van der Waals surface area contributed by atoms with E-state index in [1.807, 2.05) is 26.8 Å². The Kier molecular flexibility index (Phi) is 7.58. The molecule has 1 aromatic heterocycles. The topological polar surface area (TPSA) is 67.2 Å². The normalized spacial score (nSPS) is 14.1. The lowest BCUT2D eigenvalue weighted by Crippen LogP contribution is -2.30. The number of imidazole rings is 1. The maximum absolute atomic E-state index is 12.6. The number of nitrogens with zero attached hydrogens (tertiary/aromatic N) is 3. The third-order valence-corrected chi connectivity index (χ3v) is 6.77. The van der Waals surface area contributed by atoms with Crippen molar-refractivity contribution in [3.8, 4) is 0 Å². The Morgan fingerprint density at radius 2 is 1.90 bits per heavy atom. The molecule has 0 atom stereocenters. The highest BCUT2D eigenvalue weighted by Gasteiger charge is 2.23. The summed E-state index contributed by atoms with van der Waals surface area (Å²) in [5, 5.41) is 3.85. The van der Waals surface area contributed by atoms with Gasteiger partial charge in [-0.1, -0.05) is 30.7 Å². The summed E-state index contributed by atoms with van der Waals surface area (Å²) in [5.74, 6) is 0.176. The molecule has 7 heteroatoms. The molecular formula is C23H32N4O2S. The lowest BCUT2D eigenvalue weighted by Gasteiger charge is -2.19. The average molecular weight is 429 g/mol. The summed E-state index contributed by atoms with van der Waals surface area (Å²) in [4.78, 5) is 31.6. The number of anilines is 1. The summed E-state index contributed by atoms with van der Waals surface area (Å²) in [6.07, 6.45) is 4.89. The first-order chi connectivity index (χ1) is 14.4. The molecule has 1 aliphatic rings. The average Bonchev–Trinajstić information content (AvgIpc) is 3.35. The van der Waals surface area contributed by atoms with Gasteiger partial charge in [0.15, 0.2) is 5.16 Å². The number of hydrogen-bond donors (Lipinski definition) is 1. The van der Waals surface area contributed by atoms with Crippen molar-refractivity contribution in [3.05, 3.63) is 41.2 Å². The quantitative estimate of drug-likeness (QED) is 0.612. The molecule has 162 valence electrons. The number of carbonyl (C=O) groups is 2. The van der Waals surface area contributed by atoms with E-state index in [1.54, 1.807) is 23.1 Å². The second-order valence-electron chi connectivity index (χ2n) is 7.77. The number of hydrogen-bond acceptors (Lipinski definition) is 4. The Bertz CT molecular complexity index is 899. The highest BCUT2D eigenvalue weighted by atomic mass is 32.2. The predicted octanol–water partition coefficient (Wildman–Crippen LogP) is 4.83. The number of carbonyl (C=O) groups excluding carboxylic acids is 2. The van der Waals surface area contributed by atoms with Crippen molar-refractivity contribution in [2.24, 2.45) is 0 Å². The zero-order chi connectivity index (χ0) is 21.7. The van der Waals surface area contributed by atoms with E-state index in [1.165, 1.54) is 43.1 Å². The van der Waals surface area contributed by atoms with Gasteiger partial charge in [-0.3, -0.25) is 9.59 Å². The third kappa shape index (κ3) is 5.06. The standard InChI is InChI=1S/C23H32N4O2S/c1-5-26(6-2)22(29)18-10-9-11-19(14-18)25-21(28)15-30-23-24-16(3)17(4)27(23)20-12-7-8-13-20/h9-11,14,20H,5-8,12-13,15H2,1-4H3,(H,25,28). The van der Waals surface area contributed by atoms with E-state index in [-0.39, 0.29) is 17.6 Å². The van der Waals surface area contributed by atoms with Gasteiger partial charge in [0.2, 0.25) is 5.91 Å². The minimum Gasteiger partial charge on any atom is -0.339 e. The second-order valence-corrected chi connectivity index (χ2v) is 8.71. The maximum atomic E-state index is 12.6. The molecule has 1 aromatic carbocycles. The summed E-state index contributed by atoms with van der Waals surface area (Å²) in [5.41, 5.74) is 3.47. The van der Waals surface area contributed by atoms with Crippen LogP contribution in [0.3, 0.4) is 0 Å². The van der Waals surface area contributed by atoms with Crippen LogP contribution in [0.4, 0.5) is 5.69 Å². The fourth-order valence-corrected chi connectivity index (χ4v) is 5.00. The number of benzene rings is 1. The van der Waals surface area contributed by atoms with Crippen LogP contribution in [-0.2, 0) is 4.79 Å². The Morgan fingerprint density at radius 3 is 2.57 bits per heavy atom. The number of nitrogens with one attached hydrogen (secondary N) is 1. The van der Waals surface area contributed by atoms with E-state index in [0.29, 0.717) is 30.4 Å². The molecular weight excluding hydrogens is 396 g/mol. The van der Waals surface area contributed by atoms with Crippen LogP contribution in [0, 0.1) is 13.8 Å². The van der Waals surface area contributed by atoms with Crippen LogP contribution >= 0.6 is 11.8 Å². The molecule has 1 heterocycles. The minimum absolute atomic E-state index is 0.0185. The molecule has 0 spiro atoms. The molecule has 1 N–H and O–H groups in total. The molecule has 30 heavy (non-hydrogen) atoms. The maximum Gasteiger partial charge on any atom is 0.253 e. The van der Waals surface area contributed by atoms with Gasteiger partial charge >= 0.3 is 0 Å². The van der Waals surface area contributed by atoms with Crippen molar-refractivity contribution in [3.63, 3.8) is 0 Å². The summed E-state index contributed by atoms with van der Waals surface area (Å²) in [6.45, 7) is 9.39. The first-order valence-electron chi connectivity index (χ1n) is 10.8. The van der Waals surface area contributed by atoms with Crippen LogP contribution in [-0.4, -0.2) is 45.1 Å². The Balaban J connectivity index is 1.64. The van der Waals surface area contributed by atoms with Crippen LogP contribution in [0.5, 0.6) is 0 Å². The molecule has 1 saturated carbocycles. The van der Waals surface area contributed by atoms with Crippen molar-refractivity contribution < 1.29 is 9.59 Å². The van der Waals surface area contributed by atoms with Crippen LogP contribution in [0.25, 0.3) is 0 Å². The van der Waals surface area contributed by atoms with Crippen molar-refractivity contribution >= 4 is 29.3 Å². The molecule has 0 bridgehead atoms. The Hall–Kier alpha value is -2.28. The summed E-state index contributed by atoms with van der Waals surface area (Å²) < 4.78 is 2.32. The molecule has 6 nitrogen and oxygen atoms in total. The van der Waals surface area contributed by atoms with Gasteiger partial charge in [0, 0.05) is 36.1 Å². The van der Waals surface area contributed by atoms with Gasteiger partial charge in [-0.2, -0.15) is 0 Å². The Labute approximate surface area is 183 Å². The first kappa shape index (κ1) is 22.4. The lowest BCUT2D eigenvalue weighted by atomic mass is 10.1. The molecule has 1 aliphatic carbocycles. The molecule has 0 aliphatic heterocycles. The zero-order valence-electron chi connectivity index (χ0n) is 18.4. The van der Waals surface area contributed by atoms with Gasteiger partial charge in [-0.15, -0.1) is 0 Å². The first-order valence-corrected chi connectivity index (χ1v) is 11.8. The number of thioether (sulfide) groups is 1. The predicted molar refractivity (Wildman–Crippen MR) is 122 cm³/mol. The van der Waals surface area contributed by atoms with Gasteiger partial charge in [0.25, 0.3) is 5.91 Å². The highest BCUT2D eigenvalue weighted by Crippen LogP contribution is 2.35. The van der Waals surface area contributed by atoms with Gasteiger partial charge in [0.05, 0.1) is 11.4 Å². The number of amides is 2.